The van der Waals surface area contributed by atoms with Crippen molar-refractivity contribution in [2.75, 3.05) is 7.11 Å². The van der Waals surface area contributed by atoms with Crippen LogP contribution in [0.25, 0.3) is 23.2 Å². The van der Waals surface area contributed by atoms with E-state index in [1.165, 1.54) is 28.0 Å². The molecule has 0 unspecified atom stereocenters. The van der Waals surface area contributed by atoms with Gasteiger partial charge in [-0.3, -0.25) is 4.79 Å². The lowest BCUT2D eigenvalue weighted by atomic mass is 10.2. The van der Waals surface area contributed by atoms with Crippen molar-refractivity contribution in [3.63, 3.8) is 0 Å². The molecular formula is C20H14FN3O2S. The number of nitrogens with zero attached hydrogens (tertiary/aromatic N) is 3. The number of halogens is 1. The maximum Gasteiger partial charge on any atom is 0.291 e. The first-order valence-electron chi connectivity index (χ1n) is 8.12. The van der Waals surface area contributed by atoms with Crippen LogP contribution in [-0.2, 0) is 0 Å². The van der Waals surface area contributed by atoms with Crippen LogP contribution in [0.4, 0.5) is 4.39 Å². The number of rotatable bonds is 4. The fraction of sp³-hybridized carbons (Fsp3) is 0.0500. The van der Waals surface area contributed by atoms with Gasteiger partial charge in [0.25, 0.3) is 5.56 Å². The third-order valence-corrected chi connectivity index (χ3v) is 4.88. The predicted octanol–water partition coefficient (Wildman–Crippen LogP) is 3.02. The molecule has 4 rings (SSSR count). The van der Waals surface area contributed by atoms with E-state index >= 15 is 0 Å². The van der Waals surface area contributed by atoms with Crippen LogP contribution in [0, 0.1) is 5.82 Å². The first kappa shape index (κ1) is 17.1. The molecule has 0 aliphatic carbocycles. The lowest BCUT2D eigenvalue weighted by Crippen LogP contribution is -2.23. The van der Waals surface area contributed by atoms with Gasteiger partial charge in [0, 0.05) is 5.56 Å². The molecule has 5 nitrogen and oxygen atoms in total. The highest BCUT2D eigenvalue weighted by atomic mass is 32.1. The Kier molecular flexibility index (Phi) is 4.52. The Labute approximate surface area is 157 Å². The molecule has 2 aromatic heterocycles. The monoisotopic (exact) mass is 379 g/mol. The standard InChI is InChI=1S/C20H14FN3O2S/c1-26-16-5-3-2-4-14(16)12-17-19(25)24-20(27-17)22-18(23-24)11-8-13-6-9-15(21)10-7-13/h2-12H,1H3/b11-8+,17-12-. The summed E-state index contributed by atoms with van der Waals surface area (Å²) in [6, 6.07) is 13.6. The molecule has 0 amide bonds. The summed E-state index contributed by atoms with van der Waals surface area (Å²) in [5.41, 5.74) is 1.41. The number of hydrogen-bond acceptors (Lipinski definition) is 5. The van der Waals surface area contributed by atoms with Crippen LogP contribution in [0.1, 0.15) is 17.0 Å². The van der Waals surface area contributed by atoms with Crippen molar-refractivity contribution in [1.82, 2.24) is 14.6 Å². The molecule has 0 saturated carbocycles. The molecule has 0 spiro atoms. The molecule has 134 valence electrons. The summed E-state index contributed by atoms with van der Waals surface area (Å²) in [5.74, 6) is 0.827. The van der Waals surface area contributed by atoms with Crippen molar-refractivity contribution >= 4 is 34.5 Å². The Balaban J connectivity index is 1.68. The summed E-state index contributed by atoms with van der Waals surface area (Å²) in [5, 5.41) is 4.24. The Morgan fingerprint density at radius 1 is 1.11 bits per heavy atom. The average molecular weight is 379 g/mol. The van der Waals surface area contributed by atoms with E-state index in [2.05, 4.69) is 10.1 Å². The van der Waals surface area contributed by atoms with Crippen molar-refractivity contribution < 1.29 is 9.13 Å². The summed E-state index contributed by atoms with van der Waals surface area (Å²) >= 11 is 1.26. The normalized spacial score (nSPS) is 12.3. The first-order valence-corrected chi connectivity index (χ1v) is 8.94. The second-order valence-electron chi connectivity index (χ2n) is 5.71. The zero-order valence-corrected chi connectivity index (χ0v) is 15.1. The molecule has 0 saturated heterocycles. The Bertz CT molecular complexity index is 1240. The molecule has 7 heteroatoms. The van der Waals surface area contributed by atoms with Gasteiger partial charge in [-0.2, -0.15) is 9.50 Å². The number of para-hydroxylation sites is 1. The Hall–Kier alpha value is -3.32. The minimum Gasteiger partial charge on any atom is -0.496 e. The SMILES string of the molecule is COc1ccccc1/C=c1\sc2nc(/C=C/c3ccc(F)cc3)nn2c1=O. The van der Waals surface area contributed by atoms with Crippen LogP contribution in [0.3, 0.4) is 0 Å². The van der Waals surface area contributed by atoms with E-state index in [0.717, 1.165) is 11.1 Å². The highest BCUT2D eigenvalue weighted by Crippen LogP contribution is 2.18. The number of methoxy groups -OCH3 is 1. The summed E-state index contributed by atoms with van der Waals surface area (Å²) < 4.78 is 20.1. The van der Waals surface area contributed by atoms with E-state index in [1.807, 2.05) is 24.3 Å². The lowest BCUT2D eigenvalue weighted by molar-refractivity contribution is 0.414. The van der Waals surface area contributed by atoms with Crippen LogP contribution in [0.5, 0.6) is 5.75 Å². The van der Waals surface area contributed by atoms with Crippen molar-refractivity contribution in [3.05, 3.63) is 86.2 Å². The topological polar surface area (TPSA) is 56.5 Å². The van der Waals surface area contributed by atoms with Crippen molar-refractivity contribution in [3.8, 4) is 5.75 Å². The van der Waals surface area contributed by atoms with E-state index < -0.39 is 0 Å². The number of benzene rings is 2. The molecular weight excluding hydrogens is 365 g/mol. The highest BCUT2D eigenvalue weighted by molar-refractivity contribution is 7.15. The smallest absolute Gasteiger partial charge is 0.291 e. The second kappa shape index (κ2) is 7.13. The molecule has 0 aliphatic heterocycles. The van der Waals surface area contributed by atoms with Crippen LogP contribution in [0.15, 0.2) is 53.3 Å². The molecule has 0 fully saturated rings. The average Bonchev–Trinajstić information content (AvgIpc) is 3.21. The van der Waals surface area contributed by atoms with Gasteiger partial charge >= 0.3 is 0 Å². The number of fused-ring (bicyclic) bond motifs is 1. The van der Waals surface area contributed by atoms with Crippen molar-refractivity contribution in [2.45, 2.75) is 0 Å². The molecule has 0 N–H and O–H groups in total. The van der Waals surface area contributed by atoms with Gasteiger partial charge in [0.15, 0.2) is 5.82 Å². The van der Waals surface area contributed by atoms with E-state index in [4.69, 9.17) is 4.74 Å². The van der Waals surface area contributed by atoms with E-state index in [9.17, 15) is 9.18 Å². The lowest BCUT2D eigenvalue weighted by Gasteiger charge is -2.02. The third kappa shape index (κ3) is 3.50. The molecule has 27 heavy (non-hydrogen) atoms. The Morgan fingerprint density at radius 3 is 2.63 bits per heavy atom. The van der Waals surface area contributed by atoms with Gasteiger partial charge in [0.1, 0.15) is 11.6 Å². The molecule has 0 atom stereocenters. The number of ether oxygens (including phenoxy) is 1. The maximum atomic E-state index is 12.9. The minimum absolute atomic E-state index is 0.227. The van der Waals surface area contributed by atoms with E-state index in [0.29, 0.717) is 21.1 Å². The largest absolute Gasteiger partial charge is 0.496 e. The summed E-state index contributed by atoms with van der Waals surface area (Å²) in [6.07, 6.45) is 5.23. The van der Waals surface area contributed by atoms with Gasteiger partial charge in [-0.15, -0.1) is 5.10 Å². The molecule has 2 aromatic carbocycles. The van der Waals surface area contributed by atoms with Crippen LogP contribution < -0.4 is 14.8 Å². The minimum atomic E-state index is -0.289. The van der Waals surface area contributed by atoms with Gasteiger partial charge in [-0.05, 0) is 35.9 Å². The fourth-order valence-electron chi connectivity index (χ4n) is 2.59. The quantitative estimate of drug-likeness (QED) is 0.547. The van der Waals surface area contributed by atoms with Gasteiger partial charge < -0.3 is 4.74 Å². The molecule has 0 aliphatic rings. The number of thiazole rings is 1. The number of aromatic nitrogens is 3. The van der Waals surface area contributed by atoms with Gasteiger partial charge in [-0.25, -0.2) is 4.39 Å². The van der Waals surface area contributed by atoms with Gasteiger partial charge in [0.2, 0.25) is 4.96 Å². The van der Waals surface area contributed by atoms with E-state index in [1.54, 1.807) is 37.5 Å². The zero-order chi connectivity index (χ0) is 18.8. The second-order valence-corrected chi connectivity index (χ2v) is 6.72. The van der Waals surface area contributed by atoms with Crippen LogP contribution in [0.2, 0.25) is 0 Å². The number of hydrogen-bond donors (Lipinski definition) is 0. The summed E-state index contributed by atoms with van der Waals surface area (Å²) in [7, 11) is 1.59. The summed E-state index contributed by atoms with van der Waals surface area (Å²) in [6.45, 7) is 0. The highest BCUT2D eigenvalue weighted by Gasteiger charge is 2.09. The fourth-order valence-corrected chi connectivity index (χ4v) is 3.50. The Morgan fingerprint density at radius 2 is 1.89 bits per heavy atom. The van der Waals surface area contributed by atoms with Crippen LogP contribution >= 0.6 is 11.3 Å². The third-order valence-electron chi connectivity index (χ3n) is 3.92. The first-order chi connectivity index (χ1) is 13.1. The molecule has 2 heterocycles. The van der Waals surface area contributed by atoms with Crippen molar-refractivity contribution in [2.24, 2.45) is 0 Å². The van der Waals surface area contributed by atoms with Gasteiger partial charge in [-0.1, -0.05) is 47.7 Å². The van der Waals surface area contributed by atoms with Gasteiger partial charge in [0.05, 0.1) is 11.6 Å². The van der Waals surface area contributed by atoms with Crippen molar-refractivity contribution in [1.29, 1.82) is 0 Å². The van der Waals surface area contributed by atoms with Crippen LogP contribution in [-0.4, -0.2) is 21.7 Å². The zero-order valence-electron chi connectivity index (χ0n) is 14.3. The van der Waals surface area contributed by atoms with E-state index in [-0.39, 0.29) is 11.4 Å². The predicted molar refractivity (Wildman–Crippen MR) is 104 cm³/mol. The molecule has 0 radical (unpaired) electrons. The molecule has 0 bridgehead atoms. The molecule has 4 aromatic rings. The maximum absolute atomic E-state index is 12.9. The summed E-state index contributed by atoms with van der Waals surface area (Å²) in [4.78, 5) is 17.5.